The monoisotopic (exact) mass is 266 g/mol. The number of rotatable bonds is 3. The van der Waals surface area contributed by atoms with Crippen molar-refractivity contribution < 1.29 is 4.79 Å². The van der Waals surface area contributed by atoms with Gasteiger partial charge in [-0.1, -0.05) is 12.1 Å². The Bertz CT molecular complexity index is 716. The average Bonchev–Trinajstić information content (AvgIpc) is 2.73. The van der Waals surface area contributed by atoms with Crippen molar-refractivity contribution in [3.63, 3.8) is 0 Å². The van der Waals surface area contributed by atoms with Gasteiger partial charge in [-0.2, -0.15) is 0 Å². The zero-order valence-corrected chi connectivity index (χ0v) is 11.6. The fourth-order valence-corrected chi connectivity index (χ4v) is 3.26. The first kappa shape index (κ1) is 11.9. The lowest BCUT2D eigenvalue weighted by Gasteiger charge is -2.39. The second kappa shape index (κ2) is 4.06. The van der Waals surface area contributed by atoms with E-state index in [4.69, 9.17) is 0 Å². The van der Waals surface area contributed by atoms with E-state index in [0.717, 1.165) is 28.6 Å². The standard InChI is InChI=1S/C17H18N2O/c1-17(6-3-7-17)18-10-11-8-12-4-2-5-14-15(12)13(9-11)16(20)19-14/h2,4-5,8-9,18H,3,6-7,10H2,1H3,(H,19,20). The van der Waals surface area contributed by atoms with Crippen LogP contribution in [0.25, 0.3) is 10.8 Å². The summed E-state index contributed by atoms with van der Waals surface area (Å²) in [5, 5.41) is 8.77. The Morgan fingerprint density at radius 1 is 1.30 bits per heavy atom. The summed E-state index contributed by atoms with van der Waals surface area (Å²) in [7, 11) is 0. The molecule has 1 aliphatic carbocycles. The van der Waals surface area contributed by atoms with Crippen LogP contribution in [0.15, 0.2) is 30.3 Å². The van der Waals surface area contributed by atoms with Crippen LogP contribution in [-0.2, 0) is 6.54 Å². The molecule has 1 saturated carbocycles. The molecule has 0 bridgehead atoms. The lowest BCUT2D eigenvalue weighted by Crippen LogP contribution is -2.47. The molecule has 0 atom stereocenters. The van der Waals surface area contributed by atoms with Crippen LogP contribution in [0.1, 0.15) is 42.1 Å². The number of carbonyl (C=O) groups is 1. The van der Waals surface area contributed by atoms with Gasteiger partial charge in [0.25, 0.3) is 5.91 Å². The molecule has 1 heterocycles. The van der Waals surface area contributed by atoms with Gasteiger partial charge < -0.3 is 10.6 Å². The van der Waals surface area contributed by atoms with Crippen LogP contribution in [0.4, 0.5) is 5.69 Å². The first-order valence-corrected chi connectivity index (χ1v) is 7.27. The molecule has 102 valence electrons. The Labute approximate surface area is 118 Å². The highest BCUT2D eigenvalue weighted by Crippen LogP contribution is 2.35. The molecule has 20 heavy (non-hydrogen) atoms. The molecular formula is C17H18N2O. The van der Waals surface area contributed by atoms with E-state index >= 15 is 0 Å². The summed E-state index contributed by atoms with van der Waals surface area (Å²) >= 11 is 0. The van der Waals surface area contributed by atoms with Gasteiger partial charge in [0, 0.05) is 28.7 Å². The number of benzene rings is 2. The van der Waals surface area contributed by atoms with Crippen LogP contribution in [0, 0.1) is 0 Å². The van der Waals surface area contributed by atoms with Gasteiger partial charge >= 0.3 is 0 Å². The Morgan fingerprint density at radius 2 is 2.15 bits per heavy atom. The summed E-state index contributed by atoms with van der Waals surface area (Å²) in [6, 6.07) is 10.3. The quantitative estimate of drug-likeness (QED) is 0.893. The van der Waals surface area contributed by atoms with Crippen LogP contribution in [0.3, 0.4) is 0 Å². The van der Waals surface area contributed by atoms with Crippen molar-refractivity contribution in [1.82, 2.24) is 5.32 Å². The molecule has 0 aromatic heterocycles. The smallest absolute Gasteiger partial charge is 0.256 e. The lowest BCUT2D eigenvalue weighted by molar-refractivity contribution is 0.103. The molecule has 2 N–H and O–H groups in total. The van der Waals surface area contributed by atoms with E-state index in [-0.39, 0.29) is 5.91 Å². The van der Waals surface area contributed by atoms with Gasteiger partial charge in [-0.15, -0.1) is 0 Å². The molecule has 3 heteroatoms. The van der Waals surface area contributed by atoms with Crippen molar-refractivity contribution in [2.75, 3.05) is 5.32 Å². The maximum absolute atomic E-state index is 12.0. The van der Waals surface area contributed by atoms with Crippen LogP contribution < -0.4 is 10.6 Å². The zero-order valence-electron chi connectivity index (χ0n) is 11.6. The van der Waals surface area contributed by atoms with Gasteiger partial charge in [-0.05, 0) is 55.3 Å². The highest BCUT2D eigenvalue weighted by atomic mass is 16.1. The fraction of sp³-hybridized carbons (Fsp3) is 0.353. The Hall–Kier alpha value is -1.87. The predicted molar refractivity (Wildman–Crippen MR) is 81.0 cm³/mol. The molecule has 0 spiro atoms. The second-order valence-corrected chi connectivity index (χ2v) is 6.27. The van der Waals surface area contributed by atoms with E-state index in [1.165, 1.54) is 24.8 Å². The van der Waals surface area contributed by atoms with Crippen molar-refractivity contribution in [3.05, 3.63) is 41.5 Å². The van der Waals surface area contributed by atoms with Crippen LogP contribution in [-0.4, -0.2) is 11.4 Å². The average molecular weight is 266 g/mol. The van der Waals surface area contributed by atoms with Crippen LogP contribution in [0.2, 0.25) is 0 Å². The minimum atomic E-state index is 0.0212. The third-order valence-corrected chi connectivity index (χ3v) is 4.71. The topological polar surface area (TPSA) is 41.1 Å². The van der Waals surface area contributed by atoms with E-state index in [9.17, 15) is 4.79 Å². The molecule has 3 nitrogen and oxygen atoms in total. The van der Waals surface area contributed by atoms with E-state index in [0.29, 0.717) is 5.54 Å². The number of hydrogen-bond acceptors (Lipinski definition) is 2. The molecule has 0 radical (unpaired) electrons. The van der Waals surface area contributed by atoms with Gasteiger partial charge in [0.2, 0.25) is 0 Å². The molecule has 1 fully saturated rings. The van der Waals surface area contributed by atoms with Gasteiger partial charge in [-0.25, -0.2) is 0 Å². The minimum absolute atomic E-state index is 0.0212. The van der Waals surface area contributed by atoms with Gasteiger partial charge in [-0.3, -0.25) is 4.79 Å². The van der Waals surface area contributed by atoms with Crippen LogP contribution in [0.5, 0.6) is 0 Å². The van der Waals surface area contributed by atoms with Gasteiger partial charge in [0.05, 0.1) is 0 Å². The van der Waals surface area contributed by atoms with E-state index < -0.39 is 0 Å². The molecule has 2 aromatic rings. The first-order valence-electron chi connectivity index (χ1n) is 7.27. The molecule has 2 aromatic carbocycles. The Balaban J connectivity index is 1.70. The summed E-state index contributed by atoms with van der Waals surface area (Å²) in [5.74, 6) is 0.0212. The molecule has 0 unspecified atom stereocenters. The predicted octanol–water partition coefficient (Wildman–Crippen LogP) is 3.44. The van der Waals surface area contributed by atoms with Crippen molar-refractivity contribution in [3.8, 4) is 0 Å². The minimum Gasteiger partial charge on any atom is -0.321 e. The highest BCUT2D eigenvalue weighted by Gasteiger charge is 2.31. The maximum atomic E-state index is 12.0. The molecule has 0 saturated heterocycles. The summed E-state index contributed by atoms with van der Waals surface area (Å²) in [4.78, 5) is 12.0. The van der Waals surface area contributed by atoms with E-state index in [2.05, 4.69) is 29.7 Å². The van der Waals surface area contributed by atoms with Crippen molar-refractivity contribution in [2.45, 2.75) is 38.3 Å². The zero-order chi connectivity index (χ0) is 13.7. The highest BCUT2D eigenvalue weighted by molar-refractivity contribution is 6.24. The SMILES string of the molecule is CC1(NCc2cc3c4c(cccc4c2)NC3=O)CCC1. The molecule has 4 rings (SSSR count). The lowest BCUT2D eigenvalue weighted by atomic mass is 9.78. The summed E-state index contributed by atoms with van der Waals surface area (Å²) < 4.78 is 0. The Kier molecular flexibility index (Phi) is 2.42. The summed E-state index contributed by atoms with van der Waals surface area (Å²) in [6.45, 7) is 3.11. The first-order chi connectivity index (χ1) is 9.65. The van der Waals surface area contributed by atoms with Gasteiger partial charge in [0.1, 0.15) is 0 Å². The molecule has 1 amide bonds. The number of nitrogens with one attached hydrogen (secondary N) is 2. The van der Waals surface area contributed by atoms with E-state index in [1.54, 1.807) is 0 Å². The van der Waals surface area contributed by atoms with Gasteiger partial charge in [0.15, 0.2) is 0 Å². The van der Waals surface area contributed by atoms with Crippen LogP contribution >= 0.6 is 0 Å². The number of anilines is 1. The normalized spacial score (nSPS) is 18.9. The van der Waals surface area contributed by atoms with E-state index in [1.807, 2.05) is 18.2 Å². The summed E-state index contributed by atoms with van der Waals surface area (Å²) in [5.41, 5.74) is 3.23. The summed E-state index contributed by atoms with van der Waals surface area (Å²) in [6.07, 6.45) is 3.81. The van der Waals surface area contributed by atoms with Crippen molar-refractivity contribution >= 4 is 22.4 Å². The van der Waals surface area contributed by atoms with Crippen molar-refractivity contribution in [1.29, 1.82) is 0 Å². The largest absolute Gasteiger partial charge is 0.321 e. The maximum Gasteiger partial charge on any atom is 0.256 e. The molecular weight excluding hydrogens is 248 g/mol. The third-order valence-electron chi connectivity index (χ3n) is 4.71. The molecule has 2 aliphatic rings. The number of hydrogen-bond donors (Lipinski definition) is 2. The number of amides is 1. The van der Waals surface area contributed by atoms with Crippen molar-refractivity contribution in [2.24, 2.45) is 0 Å². The second-order valence-electron chi connectivity index (χ2n) is 6.27. The fourth-order valence-electron chi connectivity index (χ4n) is 3.26. The number of carbonyl (C=O) groups excluding carboxylic acids is 1. The third kappa shape index (κ3) is 1.74. The Morgan fingerprint density at radius 3 is 2.90 bits per heavy atom. The molecule has 1 aliphatic heterocycles.